The summed E-state index contributed by atoms with van der Waals surface area (Å²) in [6.45, 7) is 0.730. The first-order valence-electron chi connectivity index (χ1n) is 6.20. The number of methoxy groups -OCH3 is 1. The number of amides is 2. The minimum Gasteiger partial charge on any atom is -0.383 e. The number of nitrogens with zero attached hydrogens (tertiary/aromatic N) is 1. The molecule has 0 saturated carbocycles. The van der Waals surface area contributed by atoms with Gasteiger partial charge in [0, 0.05) is 30.3 Å². The highest BCUT2D eigenvalue weighted by Gasteiger charge is 2.33. The molecule has 5 heteroatoms. The summed E-state index contributed by atoms with van der Waals surface area (Å²) in [5.74, 6) is -0.266. The van der Waals surface area contributed by atoms with Gasteiger partial charge in [0.1, 0.15) is 0 Å². The molecule has 102 valence electrons. The molecule has 2 rings (SSSR count). The minimum absolute atomic E-state index is 0.0330. The van der Waals surface area contributed by atoms with E-state index in [2.05, 4.69) is 15.9 Å². The van der Waals surface area contributed by atoms with Crippen molar-refractivity contribution in [2.75, 3.05) is 20.3 Å². The molecule has 0 bridgehead atoms. The summed E-state index contributed by atoms with van der Waals surface area (Å²) < 4.78 is 5.87. The Morgan fingerprint density at radius 1 is 1.26 bits per heavy atom. The van der Waals surface area contributed by atoms with Gasteiger partial charge in [-0.3, -0.25) is 14.5 Å². The molecule has 0 N–H and O–H groups in total. The van der Waals surface area contributed by atoms with E-state index in [1.807, 2.05) is 24.3 Å². The molecule has 0 spiro atoms. The van der Waals surface area contributed by atoms with Gasteiger partial charge in [-0.1, -0.05) is 34.1 Å². The van der Waals surface area contributed by atoms with Gasteiger partial charge in [-0.25, -0.2) is 0 Å². The number of carbonyl (C=O) groups is 2. The third kappa shape index (κ3) is 3.22. The van der Waals surface area contributed by atoms with Gasteiger partial charge in [0.2, 0.25) is 11.8 Å². The van der Waals surface area contributed by atoms with Gasteiger partial charge in [-0.2, -0.15) is 0 Å². The SMILES string of the molecule is COCCN1C(=O)CC(c2ccccc2Br)CC1=O. The predicted octanol–water partition coefficient (Wildman–Crippen LogP) is 2.33. The van der Waals surface area contributed by atoms with E-state index in [4.69, 9.17) is 4.74 Å². The lowest BCUT2D eigenvalue weighted by molar-refractivity contribution is -0.149. The average molecular weight is 326 g/mol. The maximum atomic E-state index is 12.0. The highest BCUT2D eigenvalue weighted by atomic mass is 79.9. The molecule has 19 heavy (non-hydrogen) atoms. The first-order valence-corrected chi connectivity index (χ1v) is 6.99. The van der Waals surface area contributed by atoms with Crippen molar-refractivity contribution in [3.05, 3.63) is 34.3 Å². The van der Waals surface area contributed by atoms with E-state index in [1.165, 1.54) is 4.90 Å². The molecule has 1 aliphatic rings. The van der Waals surface area contributed by atoms with Crippen molar-refractivity contribution < 1.29 is 14.3 Å². The Labute approximate surface area is 120 Å². The number of benzene rings is 1. The number of imide groups is 1. The first-order chi connectivity index (χ1) is 9.13. The second-order valence-electron chi connectivity index (χ2n) is 4.56. The lowest BCUT2D eigenvalue weighted by Crippen LogP contribution is -2.44. The topological polar surface area (TPSA) is 46.6 Å². The van der Waals surface area contributed by atoms with Crippen LogP contribution in [0.4, 0.5) is 0 Å². The predicted molar refractivity (Wildman–Crippen MR) is 74.7 cm³/mol. The second kappa shape index (κ2) is 6.30. The molecular formula is C14H16BrNO3. The quantitative estimate of drug-likeness (QED) is 0.798. The van der Waals surface area contributed by atoms with E-state index in [1.54, 1.807) is 7.11 Å². The smallest absolute Gasteiger partial charge is 0.229 e. The second-order valence-corrected chi connectivity index (χ2v) is 5.41. The number of hydrogen-bond acceptors (Lipinski definition) is 3. The Hall–Kier alpha value is -1.20. The van der Waals surface area contributed by atoms with Crippen LogP contribution in [0, 0.1) is 0 Å². The van der Waals surface area contributed by atoms with Crippen LogP contribution in [0.3, 0.4) is 0 Å². The van der Waals surface area contributed by atoms with Crippen molar-refractivity contribution in [1.29, 1.82) is 0 Å². The summed E-state index contributed by atoms with van der Waals surface area (Å²) in [5, 5.41) is 0. The van der Waals surface area contributed by atoms with Crippen LogP contribution in [0.25, 0.3) is 0 Å². The monoisotopic (exact) mass is 325 g/mol. The fraction of sp³-hybridized carbons (Fsp3) is 0.429. The van der Waals surface area contributed by atoms with Crippen LogP contribution in [0.15, 0.2) is 28.7 Å². The first kappa shape index (κ1) is 14.2. The normalized spacial score (nSPS) is 17.1. The third-order valence-electron chi connectivity index (χ3n) is 3.31. The number of piperidine rings is 1. The van der Waals surface area contributed by atoms with Crippen LogP contribution in [0.1, 0.15) is 24.3 Å². The number of carbonyl (C=O) groups excluding carboxylic acids is 2. The van der Waals surface area contributed by atoms with Crippen LogP contribution in [-0.4, -0.2) is 37.0 Å². The molecule has 1 aliphatic heterocycles. The number of halogens is 1. The molecule has 2 amide bonds. The van der Waals surface area contributed by atoms with Crippen LogP contribution >= 0.6 is 15.9 Å². The van der Waals surface area contributed by atoms with Gasteiger partial charge in [0.05, 0.1) is 13.2 Å². The molecule has 1 fully saturated rings. The summed E-state index contributed by atoms with van der Waals surface area (Å²) in [5.41, 5.74) is 1.02. The van der Waals surface area contributed by atoms with Crippen LogP contribution < -0.4 is 0 Å². The summed E-state index contributed by atoms with van der Waals surface area (Å²) in [7, 11) is 1.56. The van der Waals surface area contributed by atoms with Gasteiger partial charge >= 0.3 is 0 Å². The zero-order valence-corrected chi connectivity index (χ0v) is 12.4. The Kier molecular flexibility index (Phi) is 4.71. The fourth-order valence-corrected chi connectivity index (χ4v) is 2.92. The standard InChI is InChI=1S/C14H16BrNO3/c1-19-7-6-16-13(17)8-10(9-14(16)18)11-4-2-3-5-12(11)15/h2-5,10H,6-9H2,1H3. The summed E-state index contributed by atoms with van der Waals surface area (Å²) >= 11 is 3.47. The number of hydrogen-bond donors (Lipinski definition) is 0. The van der Waals surface area contributed by atoms with Gasteiger partial charge in [-0.05, 0) is 11.6 Å². The average Bonchev–Trinajstić information content (AvgIpc) is 2.38. The van der Waals surface area contributed by atoms with Gasteiger partial charge in [0.15, 0.2) is 0 Å². The van der Waals surface area contributed by atoms with Crippen molar-refractivity contribution in [3.63, 3.8) is 0 Å². The number of likely N-dealkylation sites (tertiary alicyclic amines) is 1. The molecule has 0 aromatic heterocycles. The number of ether oxygens (including phenoxy) is 1. The molecule has 0 aliphatic carbocycles. The van der Waals surface area contributed by atoms with Gasteiger partial charge in [-0.15, -0.1) is 0 Å². The highest BCUT2D eigenvalue weighted by Crippen LogP contribution is 2.33. The van der Waals surface area contributed by atoms with E-state index in [0.29, 0.717) is 26.0 Å². The third-order valence-corrected chi connectivity index (χ3v) is 4.03. The van der Waals surface area contributed by atoms with E-state index < -0.39 is 0 Å². The molecular weight excluding hydrogens is 310 g/mol. The van der Waals surface area contributed by atoms with Gasteiger partial charge < -0.3 is 4.74 Å². The van der Waals surface area contributed by atoms with E-state index in [-0.39, 0.29) is 17.7 Å². The highest BCUT2D eigenvalue weighted by molar-refractivity contribution is 9.10. The summed E-state index contributed by atoms with van der Waals surface area (Å²) in [4.78, 5) is 25.4. The Bertz CT molecular complexity index is 471. The zero-order chi connectivity index (χ0) is 13.8. The van der Waals surface area contributed by atoms with Crippen molar-refractivity contribution in [1.82, 2.24) is 4.90 Å². The molecule has 4 nitrogen and oxygen atoms in total. The molecule has 0 unspecified atom stereocenters. The lowest BCUT2D eigenvalue weighted by Gasteiger charge is -2.30. The van der Waals surface area contributed by atoms with Crippen LogP contribution in [0.5, 0.6) is 0 Å². The molecule has 1 aromatic carbocycles. The van der Waals surface area contributed by atoms with Crippen molar-refractivity contribution >= 4 is 27.7 Å². The van der Waals surface area contributed by atoms with Gasteiger partial charge in [0.25, 0.3) is 0 Å². The molecule has 0 atom stereocenters. The maximum Gasteiger partial charge on any atom is 0.229 e. The Morgan fingerprint density at radius 2 is 1.89 bits per heavy atom. The minimum atomic E-state index is -0.117. The molecule has 1 aromatic rings. The Morgan fingerprint density at radius 3 is 2.47 bits per heavy atom. The number of rotatable bonds is 4. The zero-order valence-electron chi connectivity index (χ0n) is 10.8. The van der Waals surface area contributed by atoms with Crippen molar-refractivity contribution in [2.24, 2.45) is 0 Å². The van der Waals surface area contributed by atoms with Crippen LogP contribution in [0.2, 0.25) is 0 Å². The summed E-state index contributed by atoms with van der Waals surface area (Å²) in [6, 6.07) is 7.74. The fourth-order valence-electron chi connectivity index (χ4n) is 2.31. The summed E-state index contributed by atoms with van der Waals surface area (Å²) in [6.07, 6.45) is 0.746. The maximum absolute atomic E-state index is 12.0. The molecule has 1 heterocycles. The van der Waals surface area contributed by atoms with E-state index in [9.17, 15) is 9.59 Å². The van der Waals surface area contributed by atoms with E-state index in [0.717, 1.165) is 10.0 Å². The largest absolute Gasteiger partial charge is 0.383 e. The van der Waals surface area contributed by atoms with Crippen molar-refractivity contribution in [3.8, 4) is 0 Å². The lowest BCUT2D eigenvalue weighted by atomic mass is 9.88. The Balaban J connectivity index is 2.11. The molecule has 0 radical (unpaired) electrons. The molecule has 1 saturated heterocycles. The van der Waals surface area contributed by atoms with E-state index >= 15 is 0 Å². The van der Waals surface area contributed by atoms with Crippen LogP contribution in [-0.2, 0) is 14.3 Å². The van der Waals surface area contributed by atoms with Crippen molar-refractivity contribution in [2.45, 2.75) is 18.8 Å².